The summed E-state index contributed by atoms with van der Waals surface area (Å²) in [6.45, 7) is 2.42. The van der Waals surface area contributed by atoms with E-state index in [2.05, 4.69) is 5.32 Å². The first-order valence-electron chi connectivity index (χ1n) is 14.9. The Morgan fingerprint density at radius 3 is 2.20 bits per heavy atom. The number of sulfonamides is 1. The number of alkyl halides is 3. The lowest BCUT2D eigenvalue weighted by Gasteiger charge is -2.34. The maximum Gasteiger partial charge on any atom is 0.416 e. The number of nitrogens with one attached hydrogen (secondary N) is 1. The van der Waals surface area contributed by atoms with Gasteiger partial charge in [0.1, 0.15) is 18.4 Å². The molecule has 0 aromatic heterocycles. The molecule has 3 aromatic rings. The molecule has 0 saturated heterocycles. The third-order valence-electron chi connectivity index (χ3n) is 7.95. The van der Waals surface area contributed by atoms with Gasteiger partial charge >= 0.3 is 6.18 Å². The van der Waals surface area contributed by atoms with Crippen molar-refractivity contribution in [2.45, 2.75) is 82.1 Å². The van der Waals surface area contributed by atoms with Gasteiger partial charge < -0.3 is 10.2 Å². The number of benzene rings is 3. The molecule has 0 heterocycles. The van der Waals surface area contributed by atoms with Crippen LogP contribution in [0.1, 0.15) is 62.1 Å². The van der Waals surface area contributed by atoms with Gasteiger partial charge in [0.2, 0.25) is 11.8 Å². The maximum absolute atomic E-state index is 14.2. The fourth-order valence-corrected chi connectivity index (χ4v) is 6.86. The lowest BCUT2D eigenvalue weighted by Crippen LogP contribution is -2.54. The Morgan fingerprint density at radius 1 is 0.956 bits per heavy atom. The summed E-state index contributed by atoms with van der Waals surface area (Å²) in [5.41, 5.74) is -0.199. The number of hydrogen-bond donors (Lipinski definition) is 1. The molecule has 1 fully saturated rings. The SMILES string of the molecule is CC[C@H](C(=O)NC1CCCCC1)N(Cc1ccc(F)cc1)C(=O)CN(c1cccc(C(F)(F)F)c1)S(=O)(=O)c1ccc(C)cc1. The van der Waals surface area contributed by atoms with E-state index in [9.17, 15) is 35.6 Å². The summed E-state index contributed by atoms with van der Waals surface area (Å²) in [6.07, 6.45) is 0.00174. The van der Waals surface area contributed by atoms with E-state index in [4.69, 9.17) is 0 Å². The molecule has 45 heavy (non-hydrogen) atoms. The molecular formula is C33H37F4N3O4S. The van der Waals surface area contributed by atoms with Crippen LogP contribution in [0.25, 0.3) is 0 Å². The fraction of sp³-hybridized carbons (Fsp3) is 0.394. The van der Waals surface area contributed by atoms with E-state index in [-0.39, 0.29) is 29.6 Å². The third-order valence-corrected chi connectivity index (χ3v) is 9.74. The molecule has 1 atom stereocenters. The zero-order valence-corrected chi connectivity index (χ0v) is 26.0. The topological polar surface area (TPSA) is 86.8 Å². The molecule has 12 heteroatoms. The quantitative estimate of drug-likeness (QED) is 0.238. The maximum atomic E-state index is 14.2. The Labute approximate surface area is 261 Å². The molecule has 3 aromatic carbocycles. The Morgan fingerprint density at radius 2 is 1.60 bits per heavy atom. The van der Waals surface area contributed by atoms with Gasteiger partial charge in [-0.1, -0.05) is 62.1 Å². The van der Waals surface area contributed by atoms with Crippen LogP contribution < -0.4 is 9.62 Å². The molecular weight excluding hydrogens is 610 g/mol. The van der Waals surface area contributed by atoms with Crippen LogP contribution in [-0.2, 0) is 32.3 Å². The number of aryl methyl sites for hydroxylation is 1. The van der Waals surface area contributed by atoms with Gasteiger partial charge in [0.25, 0.3) is 10.0 Å². The molecule has 1 N–H and O–H groups in total. The average molecular weight is 648 g/mol. The highest BCUT2D eigenvalue weighted by molar-refractivity contribution is 7.92. The molecule has 1 aliphatic carbocycles. The van der Waals surface area contributed by atoms with Crippen LogP contribution in [0.4, 0.5) is 23.2 Å². The first-order chi connectivity index (χ1) is 21.3. The van der Waals surface area contributed by atoms with Gasteiger partial charge in [-0.2, -0.15) is 13.2 Å². The number of hydrogen-bond acceptors (Lipinski definition) is 4. The standard InChI is InChI=1S/C33H37F4N3O4S/c1-3-30(32(42)38-27-9-5-4-6-10-27)39(21-24-14-16-26(34)17-15-24)31(41)22-40(28-11-7-8-25(20-28)33(35,36)37)45(43,44)29-18-12-23(2)13-19-29/h7-8,11-20,27,30H,3-6,9-10,21-22H2,1-2H3,(H,38,42)/t30-/m1/s1. The highest BCUT2D eigenvalue weighted by atomic mass is 32.2. The number of nitrogens with zero attached hydrogens (tertiary/aromatic N) is 2. The van der Waals surface area contributed by atoms with Crippen LogP contribution in [0.2, 0.25) is 0 Å². The van der Waals surface area contributed by atoms with Crippen LogP contribution >= 0.6 is 0 Å². The van der Waals surface area contributed by atoms with Gasteiger partial charge in [-0.15, -0.1) is 0 Å². The van der Waals surface area contributed by atoms with Crippen LogP contribution in [0.15, 0.2) is 77.7 Å². The van der Waals surface area contributed by atoms with Gasteiger partial charge in [-0.3, -0.25) is 13.9 Å². The van der Waals surface area contributed by atoms with E-state index in [1.807, 2.05) is 0 Å². The first-order valence-corrected chi connectivity index (χ1v) is 16.3. The average Bonchev–Trinajstić information content (AvgIpc) is 3.01. The second-order valence-electron chi connectivity index (χ2n) is 11.3. The van der Waals surface area contributed by atoms with Crippen LogP contribution in [0.3, 0.4) is 0 Å². The second kappa shape index (κ2) is 14.4. The Balaban J connectivity index is 1.75. The Kier molecular flexibility index (Phi) is 10.9. The van der Waals surface area contributed by atoms with Crippen molar-refractivity contribution in [1.82, 2.24) is 10.2 Å². The van der Waals surface area contributed by atoms with Crippen molar-refractivity contribution < 1.29 is 35.6 Å². The molecule has 0 radical (unpaired) electrons. The number of halogens is 4. The summed E-state index contributed by atoms with van der Waals surface area (Å²) in [5.74, 6) is -1.72. The van der Waals surface area contributed by atoms with E-state index in [0.29, 0.717) is 15.9 Å². The highest BCUT2D eigenvalue weighted by Crippen LogP contribution is 2.33. The predicted octanol–water partition coefficient (Wildman–Crippen LogP) is 6.60. The number of amides is 2. The third kappa shape index (κ3) is 8.62. The summed E-state index contributed by atoms with van der Waals surface area (Å²) in [4.78, 5) is 28.7. The zero-order valence-electron chi connectivity index (χ0n) is 25.2. The van der Waals surface area contributed by atoms with Gasteiger partial charge in [-0.05, 0) is 74.2 Å². The molecule has 242 valence electrons. The molecule has 0 bridgehead atoms. The summed E-state index contributed by atoms with van der Waals surface area (Å²) in [7, 11) is -4.55. The molecule has 1 saturated carbocycles. The summed E-state index contributed by atoms with van der Waals surface area (Å²) < 4.78 is 83.3. The van der Waals surface area contributed by atoms with Crippen LogP contribution in [0, 0.1) is 12.7 Å². The van der Waals surface area contributed by atoms with Crippen molar-refractivity contribution >= 4 is 27.5 Å². The number of rotatable bonds is 11. The molecule has 0 spiro atoms. The Bertz CT molecular complexity index is 1570. The van der Waals surface area contributed by atoms with Crippen LogP contribution in [0.5, 0.6) is 0 Å². The molecule has 0 unspecified atom stereocenters. The van der Waals surface area contributed by atoms with Crippen molar-refractivity contribution in [3.63, 3.8) is 0 Å². The van der Waals surface area contributed by atoms with Crippen LogP contribution in [-0.4, -0.2) is 43.8 Å². The van der Waals surface area contributed by atoms with E-state index in [0.717, 1.165) is 49.8 Å². The summed E-state index contributed by atoms with van der Waals surface area (Å²) >= 11 is 0. The number of carbonyl (C=O) groups excluding carboxylic acids is 2. The monoisotopic (exact) mass is 647 g/mol. The lowest BCUT2D eigenvalue weighted by atomic mass is 9.95. The highest BCUT2D eigenvalue weighted by Gasteiger charge is 2.36. The van der Waals surface area contributed by atoms with Crippen molar-refractivity contribution in [1.29, 1.82) is 0 Å². The van der Waals surface area contributed by atoms with Gasteiger partial charge in [-0.25, -0.2) is 12.8 Å². The van der Waals surface area contributed by atoms with E-state index < -0.39 is 52.0 Å². The minimum atomic E-state index is -4.77. The summed E-state index contributed by atoms with van der Waals surface area (Å²) in [5, 5.41) is 3.02. The van der Waals surface area contributed by atoms with Crippen molar-refractivity contribution in [3.05, 3.63) is 95.3 Å². The van der Waals surface area contributed by atoms with E-state index in [1.54, 1.807) is 26.0 Å². The first kappa shape index (κ1) is 34.0. The smallest absolute Gasteiger partial charge is 0.352 e. The van der Waals surface area contributed by atoms with Crippen molar-refractivity contribution in [3.8, 4) is 0 Å². The van der Waals surface area contributed by atoms with E-state index in [1.165, 1.54) is 47.4 Å². The minimum absolute atomic E-state index is 0.0633. The predicted molar refractivity (Wildman–Crippen MR) is 163 cm³/mol. The zero-order chi connectivity index (χ0) is 32.8. The van der Waals surface area contributed by atoms with Gasteiger partial charge in [0.15, 0.2) is 0 Å². The molecule has 1 aliphatic rings. The molecule has 4 rings (SSSR count). The number of carbonyl (C=O) groups is 2. The Hall–Kier alpha value is -3.93. The van der Waals surface area contributed by atoms with Crippen molar-refractivity contribution in [2.75, 3.05) is 10.8 Å². The second-order valence-corrected chi connectivity index (χ2v) is 13.2. The van der Waals surface area contributed by atoms with Crippen molar-refractivity contribution in [2.24, 2.45) is 0 Å². The van der Waals surface area contributed by atoms with Gasteiger partial charge in [0, 0.05) is 12.6 Å². The molecule has 7 nitrogen and oxygen atoms in total. The summed E-state index contributed by atoms with van der Waals surface area (Å²) in [6, 6.07) is 13.7. The lowest BCUT2D eigenvalue weighted by molar-refractivity contribution is -0.140. The fourth-order valence-electron chi connectivity index (χ4n) is 5.45. The molecule has 2 amide bonds. The minimum Gasteiger partial charge on any atom is -0.352 e. The van der Waals surface area contributed by atoms with E-state index >= 15 is 0 Å². The normalized spacial score (nSPS) is 14.9. The molecule has 0 aliphatic heterocycles. The largest absolute Gasteiger partial charge is 0.416 e. The number of anilines is 1. The van der Waals surface area contributed by atoms with Gasteiger partial charge in [0.05, 0.1) is 16.1 Å².